The second-order valence-corrected chi connectivity index (χ2v) is 5.14. The Morgan fingerprint density at radius 3 is 2.32 bits per heavy atom. The third-order valence-corrected chi connectivity index (χ3v) is 3.85. The van der Waals surface area contributed by atoms with Crippen molar-refractivity contribution >= 4 is 23.2 Å². The number of hydrogen-bond acceptors (Lipinski definition) is 6. The normalized spacial score (nSPS) is 15.0. The topological polar surface area (TPSA) is 89.9 Å². The maximum absolute atomic E-state index is 12.6. The molecule has 0 fully saturated rings. The molecule has 6 nitrogen and oxygen atoms in total. The molecule has 0 saturated carbocycles. The number of ether oxygens (including phenoxy) is 1. The number of nitrogens with zero attached hydrogens (tertiary/aromatic N) is 1. The molecule has 4 rings (SSSR count). The molecule has 0 aromatic heterocycles. The molecule has 1 heterocycles. The minimum Gasteiger partial charge on any atom is -0.426 e. The fourth-order valence-corrected chi connectivity index (χ4v) is 2.81. The summed E-state index contributed by atoms with van der Waals surface area (Å²) in [6.45, 7) is 0. The van der Waals surface area contributed by atoms with E-state index in [9.17, 15) is 19.3 Å². The highest BCUT2D eigenvalue weighted by Gasteiger charge is 2.33. The van der Waals surface area contributed by atoms with E-state index in [1.54, 1.807) is 0 Å². The van der Waals surface area contributed by atoms with Crippen molar-refractivity contribution in [2.45, 2.75) is 6.42 Å². The van der Waals surface area contributed by atoms with Crippen LogP contribution in [0.15, 0.2) is 35.5 Å². The monoisotopic (exact) mass is 293 g/mol. The van der Waals surface area contributed by atoms with Crippen LogP contribution in [0.5, 0.6) is 5.75 Å². The Balaban J connectivity index is 1.95. The number of carbonyl (C=O) groups is 3. The van der Waals surface area contributed by atoms with E-state index in [1.165, 1.54) is 30.3 Å². The van der Waals surface area contributed by atoms with Crippen LogP contribution in [-0.4, -0.2) is 17.5 Å². The number of benzene rings is 2. The summed E-state index contributed by atoms with van der Waals surface area (Å²) in [7, 11) is 0. The number of hydrogen-bond donors (Lipinski definition) is 0. The average molecular weight is 293 g/mol. The van der Waals surface area contributed by atoms with E-state index in [1.807, 2.05) is 0 Å². The van der Waals surface area contributed by atoms with Gasteiger partial charge in [-0.25, -0.2) is 0 Å². The molecule has 0 unspecified atom stereocenters. The highest BCUT2D eigenvalue weighted by Crippen LogP contribution is 2.36. The smallest absolute Gasteiger partial charge is 0.315 e. The zero-order valence-electron chi connectivity index (χ0n) is 11.1. The zero-order chi connectivity index (χ0) is 15.4. The SMILES string of the molecule is O=Nc1ccc2c(c1)C(=O)c1cc3c(cc1C2=O)CC(=O)O3. The van der Waals surface area contributed by atoms with E-state index in [0.29, 0.717) is 11.3 Å². The Labute approximate surface area is 123 Å². The minimum absolute atomic E-state index is 0.0796. The van der Waals surface area contributed by atoms with Gasteiger partial charge >= 0.3 is 5.97 Å². The van der Waals surface area contributed by atoms with Gasteiger partial charge in [0.15, 0.2) is 11.6 Å². The first kappa shape index (κ1) is 12.6. The Kier molecular flexibility index (Phi) is 2.39. The van der Waals surface area contributed by atoms with Crippen molar-refractivity contribution in [3.8, 4) is 5.75 Å². The highest BCUT2D eigenvalue weighted by molar-refractivity contribution is 6.28. The summed E-state index contributed by atoms with van der Waals surface area (Å²) in [5.74, 6) is -0.815. The summed E-state index contributed by atoms with van der Waals surface area (Å²) in [6.07, 6.45) is 0.0882. The molecule has 1 aliphatic heterocycles. The van der Waals surface area contributed by atoms with Gasteiger partial charge in [0.05, 0.1) is 6.42 Å². The van der Waals surface area contributed by atoms with Crippen LogP contribution in [0.4, 0.5) is 5.69 Å². The van der Waals surface area contributed by atoms with Gasteiger partial charge in [-0.3, -0.25) is 14.4 Å². The van der Waals surface area contributed by atoms with Crippen LogP contribution in [0.2, 0.25) is 0 Å². The number of carbonyl (C=O) groups excluding carboxylic acids is 3. The molecule has 0 amide bonds. The predicted molar refractivity (Wildman–Crippen MR) is 74.5 cm³/mol. The molecule has 2 aromatic carbocycles. The molecule has 0 N–H and O–H groups in total. The minimum atomic E-state index is -0.415. The van der Waals surface area contributed by atoms with Gasteiger partial charge in [0.25, 0.3) is 0 Å². The van der Waals surface area contributed by atoms with Crippen LogP contribution in [0.1, 0.15) is 37.4 Å². The molecule has 0 atom stereocenters. The summed E-state index contributed by atoms with van der Waals surface area (Å²) in [5, 5.41) is 2.78. The van der Waals surface area contributed by atoms with E-state index in [0.717, 1.165) is 0 Å². The Hall–Kier alpha value is -3.15. The first-order chi connectivity index (χ1) is 10.6. The maximum atomic E-state index is 12.6. The van der Waals surface area contributed by atoms with Gasteiger partial charge in [-0.1, -0.05) is 0 Å². The summed E-state index contributed by atoms with van der Waals surface area (Å²) in [6, 6.07) is 7.06. The van der Waals surface area contributed by atoms with Gasteiger partial charge in [-0.2, -0.15) is 0 Å². The molecular formula is C16H7NO5. The third-order valence-electron chi connectivity index (χ3n) is 3.85. The lowest BCUT2D eigenvalue weighted by atomic mass is 9.83. The molecular weight excluding hydrogens is 286 g/mol. The molecule has 2 aromatic rings. The van der Waals surface area contributed by atoms with Crippen molar-refractivity contribution in [3.05, 3.63) is 63.1 Å². The Bertz CT molecular complexity index is 913. The molecule has 0 spiro atoms. The number of ketones is 2. The third kappa shape index (κ3) is 1.57. The van der Waals surface area contributed by atoms with Gasteiger partial charge in [-0.15, -0.1) is 4.91 Å². The van der Waals surface area contributed by atoms with Crippen LogP contribution in [-0.2, 0) is 11.2 Å². The van der Waals surface area contributed by atoms with Gasteiger partial charge < -0.3 is 4.74 Å². The summed E-state index contributed by atoms with van der Waals surface area (Å²) < 4.78 is 5.02. The molecule has 2 aliphatic rings. The van der Waals surface area contributed by atoms with Crippen LogP contribution in [0.25, 0.3) is 0 Å². The van der Waals surface area contributed by atoms with Crippen molar-refractivity contribution in [2.24, 2.45) is 5.18 Å². The van der Waals surface area contributed by atoms with Crippen molar-refractivity contribution in [1.82, 2.24) is 0 Å². The van der Waals surface area contributed by atoms with Crippen LogP contribution in [0, 0.1) is 4.91 Å². The van der Waals surface area contributed by atoms with Crippen LogP contribution in [0.3, 0.4) is 0 Å². The summed E-state index contributed by atoms with van der Waals surface area (Å²) in [5.41, 5.74) is 1.47. The van der Waals surface area contributed by atoms with Crippen molar-refractivity contribution < 1.29 is 19.1 Å². The van der Waals surface area contributed by atoms with Crippen molar-refractivity contribution in [3.63, 3.8) is 0 Å². The lowest BCUT2D eigenvalue weighted by Crippen LogP contribution is -2.21. The Morgan fingerprint density at radius 1 is 0.864 bits per heavy atom. The fraction of sp³-hybridized carbons (Fsp3) is 0.0625. The first-order valence-electron chi connectivity index (χ1n) is 6.53. The fourth-order valence-electron chi connectivity index (χ4n) is 2.81. The van der Waals surface area contributed by atoms with E-state index >= 15 is 0 Å². The molecule has 0 radical (unpaired) electrons. The highest BCUT2D eigenvalue weighted by atomic mass is 16.5. The van der Waals surface area contributed by atoms with Gasteiger partial charge in [0.2, 0.25) is 0 Å². The Morgan fingerprint density at radius 2 is 1.55 bits per heavy atom. The number of esters is 1. The second kappa shape index (κ2) is 4.17. The molecule has 0 bridgehead atoms. The van der Waals surface area contributed by atoms with Gasteiger partial charge in [-0.05, 0) is 35.5 Å². The standard InChI is InChI=1S/C16H7NO5/c18-14-4-7-3-10-12(6-13(7)22-14)16(20)11-5-8(17-21)1-2-9(11)15(10)19/h1-3,5-6H,4H2. The van der Waals surface area contributed by atoms with Crippen LogP contribution >= 0.6 is 0 Å². The summed E-state index contributed by atoms with van der Waals surface area (Å²) >= 11 is 0. The largest absolute Gasteiger partial charge is 0.426 e. The number of rotatable bonds is 1. The molecule has 1 aliphatic carbocycles. The van der Waals surface area contributed by atoms with E-state index in [2.05, 4.69) is 5.18 Å². The predicted octanol–water partition coefficient (Wildman–Crippen LogP) is 2.32. The van der Waals surface area contributed by atoms with Gasteiger partial charge in [0.1, 0.15) is 11.4 Å². The van der Waals surface area contributed by atoms with Gasteiger partial charge in [0, 0.05) is 27.8 Å². The van der Waals surface area contributed by atoms with Crippen molar-refractivity contribution in [2.75, 3.05) is 0 Å². The molecule has 0 saturated heterocycles. The second-order valence-electron chi connectivity index (χ2n) is 5.14. The van der Waals surface area contributed by atoms with Crippen LogP contribution < -0.4 is 4.74 Å². The van der Waals surface area contributed by atoms with Crippen molar-refractivity contribution in [1.29, 1.82) is 0 Å². The lowest BCUT2D eigenvalue weighted by Gasteiger charge is -2.18. The lowest BCUT2D eigenvalue weighted by molar-refractivity contribution is -0.131. The van der Waals surface area contributed by atoms with E-state index < -0.39 is 5.97 Å². The molecule has 6 heteroatoms. The van der Waals surface area contributed by atoms with E-state index in [4.69, 9.17) is 4.74 Å². The zero-order valence-corrected chi connectivity index (χ0v) is 11.1. The molecule has 22 heavy (non-hydrogen) atoms. The average Bonchev–Trinajstić information content (AvgIpc) is 2.89. The number of fused-ring (bicyclic) bond motifs is 3. The number of nitroso groups, excluding NO2 is 1. The maximum Gasteiger partial charge on any atom is 0.315 e. The summed E-state index contributed by atoms with van der Waals surface area (Å²) in [4.78, 5) is 47.1. The first-order valence-corrected chi connectivity index (χ1v) is 6.53. The molecule has 106 valence electrons. The quantitative estimate of drug-likeness (QED) is 0.390. The van der Waals surface area contributed by atoms with E-state index in [-0.39, 0.29) is 45.9 Å².